The maximum atomic E-state index is 2.59. The molecule has 0 bridgehead atoms. The van der Waals surface area contributed by atoms with Gasteiger partial charge in [-0.1, -0.05) is 267 Å². The second kappa shape index (κ2) is 17.6. The average Bonchev–Trinajstić information content (AvgIpc) is 4.20. The van der Waals surface area contributed by atoms with E-state index >= 15 is 0 Å². The minimum Gasteiger partial charge on any atom is -0.309 e. The second-order valence-corrected chi connectivity index (χ2v) is 24.0. The van der Waals surface area contributed by atoms with Crippen LogP contribution in [0.4, 0.5) is 0 Å². The van der Waals surface area contributed by atoms with E-state index in [-0.39, 0.29) is 0 Å². The molecule has 0 atom stereocenters. The summed E-state index contributed by atoms with van der Waals surface area (Å²) < 4.78 is 5.10. The van der Waals surface area contributed by atoms with E-state index in [1.54, 1.807) is 0 Å². The monoisotopic (exact) mass is 982 g/mol. The molecule has 1 aliphatic carbocycles. The van der Waals surface area contributed by atoms with E-state index in [4.69, 9.17) is 0 Å². The van der Waals surface area contributed by atoms with Gasteiger partial charge in [0.15, 0.2) is 8.07 Å². The number of nitrogens with zero attached hydrogens (tertiary/aromatic N) is 2. The van der Waals surface area contributed by atoms with Crippen LogP contribution in [0.25, 0.3) is 77.2 Å². The van der Waals surface area contributed by atoms with Crippen LogP contribution in [-0.2, 0) is 5.41 Å². The van der Waals surface area contributed by atoms with Crippen molar-refractivity contribution in [2.45, 2.75) is 5.41 Å². The topological polar surface area (TPSA) is 9.86 Å². The Morgan fingerprint density at radius 3 is 1.37 bits per heavy atom. The van der Waals surface area contributed by atoms with Crippen LogP contribution in [0, 0.1) is 0 Å². The molecule has 15 rings (SSSR count). The Labute approximate surface area is 443 Å². The summed E-state index contributed by atoms with van der Waals surface area (Å²) >= 11 is 0. The van der Waals surface area contributed by atoms with Crippen LogP contribution in [0.2, 0.25) is 0 Å². The number of para-hydroxylation sites is 3. The van der Waals surface area contributed by atoms with Gasteiger partial charge in [0, 0.05) is 32.8 Å². The third-order valence-electron chi connectivity index (χ3n) is 16.5. The summed E-state index contributed by atoms with van der Waals surface area (Å²) in [4.78, 5) is 0. The Hall–Kier alpha value is -9.54. The smallest absolute Gasteiger partial charge is 0.179 e. The van der Waals surface area contributed by atoms with Gasteiger partial charge in [-0.25, -0.2) is 0 Å². The lowest BCUT2D eigenvalue weighted by molar-refractivity contribution is 0.770. The summed E-state index contributed by atoms with van der Waals surface area (Å²) in [5.74, 6) is 0. The summed E-state index contributed by atoms with van der Waals surface area (Å²) in [5, 5.41) is 10.3. The molecular weight excluding hydrogens is 933 g/mol. The molecule has 14 aromatic rings. The first kappa shape index (κ1) is 44.0. The molecule has 2 nitrogen and oxygen atoms in total. The van der Waals surface area contributed by atoms with Crippen LogP contribution in [0.3, 0.4) is 0 Å². The zero-order valence-electron chi connectivity index (χ0n) is 41.8. The molecule has 1 aliphatic rings. The highest BCUT2D eigenvalue weighted by atomic mass is 28.3. The van der Waals surface area contributed by atoms with Gasteiger partial charge in [-0.05, 0) is 96.1 Å². The van der Waals surface area contributed by atoms with Crippen LogP contribution in [0.5, 0.6) is 0 Å². The van der Waals surface area contributed by atoms with Crippen LogP contribution < -0.4 is 20.7 Å². The van der Waals surface area contributed by atoms with E-state index in [1.807, 2.05) is 0 Å². The fourth-order valence-electron chi connectivity index (χ4n) is 13.6. The fraction of sp³-hybridized carbons (Fsp3) is 0.0137. The van der Waals surface area contributed by atoms with Gasteiger partial charge in [-0.15, -0.1) is 0 Å². The van der Waals surface area contributed by atoms with E-state index in [0.29, 0.717) is 0 Å². The van der Waals surface area contributed by atoms with Crippen molar-refractivity contribution < 1.29 is 0 Å². The maximum absolute atomic E-state index is 2.83. The molecule has 12 aromatic carbocycles. The first-order valence-corrected chi connectivity index (χ1v) is 28.4. The van der Waals surface area contributed by atoms with Crippen molar-refractivity contribution in [3.8, 4) is 33.6 Å². The van der Waals surface area contributed by atoms with Crippen LogP contribution in [0.15, 0.2) is 303 Å². The van der Waals surface area contributed by atoms with Crippen molar-refractivity contribution in [1.82, 2.24) is 9.13 Å². The molecule has 0 fully saturated rings. The van der Waals surface area contributed by atoms with E-state index in [0.717, 1.165) is 16.9 Å². The van der Waals surface area contributed by atoms with E-state index < -0.39 is 13.5 Å². The predicted molar refractivity (Wildman–Crippen MR) is 321 cm³/mol. The van der Waals surface area contributed by atoms with Crippen molar-refractivity contribution in [3.63, 3.8) is 0 Å². The molecule has 0 aliphatic heterocycles. The predicted octanol–water partition coefficient (Wildman–Crippen LogP) is 15.3. The zero-order chi connectivity index (χ0) is 50.2. The third-order valence-corrected chi connectivity index (χ3v) is 21.3. The number of hydrogen-bond donors (Lipinski definition) is 0. The van der Waals surface area contributed by atoms with E-state index in [9.17, 15) is 0 Å². The average molecular weight is 983 g/mol. The molecule has 2 aromatic heterocycles. The van der Waals surface area contributed by atoms with Gasteiger partial charge in [-0.2, -0.15) is 0 Å². The molecule has 3 heteroatoms. The first-order chi connectivity index (χ1) is 37.8. The summed E-state index contributed by atoms with van der Waals surface area (Å²) in [5.41, 5.74) is 16.5. The molecule has 0 saturated heterocycles. The molecular formula is C73H50N2Si. The summed E-state index contributed by atoms with van der Waals surface area (Å²) in [6.07, 6.45) is 0. The number of aromatic nitrogens is 2. The van der Waals surface area contributed by atoms with Gasteiger partial charge in [0.1, 0.15) is 0 Å². The SMILES string of the molecule is c1ccc(C2(c3ccccc3)c3ccccc3-c3cccc(-c4cccc5c6ccccc6n(-c6cccc7c6c6ccccc6n7-c6cccc([Si](c7ccccc7)(c7ccccc7)c7ccccc7)c6)c45)c32)cc1. The number of benzene rings is 12. The third kappa shape index (κ3) is 6.27. The minimum atomic E-state index is -2.83. The van der Waals surface area contributed by atoms with Crippen molar-refractivity contribution in [3.05, 3.63) is 326 Å². The highest BCUT2D eigenvalue weighted by molar-refractivity contribution is 7.19. The minimum absolute atomic E-state index is 0.575. The van der Waals surface area contributed by atoms with Crippen LogP contribution in [0.1, 0.15) is 22.3 Å². The fourth-order valence-corrected chi connectivity index (χ4v) is 18.4. The molecule has 0 unspecified atom stereocenters. The summed E-state index contributed by atoms with van der Waals surface area (Å²) in [7, 11) is -2.83. The number of fused-ring (bicyclic) bond motifs is 9. The number of hydrogen-bond acceptors (Lipinski definition) is 0. The molecule has 0 spiro atoms. The van der Waals surface area contributed by atoms with Gasteiger partial charge in [0.25, 0.3) is 0 Å². The van der Waals surface area contributed by atoms with Gasteiger partial charge < -0.3 is 9.13 Å². The van der Waals surface area contributed by atoms with E-state index in [2.05, 4.69) is 312 Å². The highest BCUT2D eigenvalue weighted by Crippen LogP contribution is 2.59. The zero-order valence-corrected chi connectivity index (χ0v) is 42.8. The largest absolute Gasteiger partial charge is 0.309 e. The lowest BCUT2D eigenvalue weighted by atomic mass is 9.66. The van der Waals surface area contributed by atoms with Gasteiger partial charge in [0.2, 0.25) is 0 Å². The summed E-state index contributed by atoms with van der Waals surface area (Å²) in [6.45, 7) is 0. The van der Waals surface area contributed by atoms with Crippen LogP contribution >= 0.6 is 0 Å². The molecule has 0 amide bonds. The maximum Gasteiger partial charge on any atom is 0.179 e. The Balaban J connectivity index is 1.01. The van der Waals surface area contributed by atoms with Crippen molar-refractivity contribution in [1.29, 1.82) is 0 Å². The Bertz CT molecular complexity index is 4360. The number of rotatable bonds is 9. The molecule has 76 heavy (non-hydrogen) atoms. The van der Waals surface area contributed by atoms with Gasteiger partial charge in [-0.3, -0.25) is 0 Å². The first-order valence-electron chi connectivity index (χ1n) is 26.4. The molecule has 2 heterocycles. The van der Waals surface area contributed by atoms with Gasteiger partial charge >= 0.3 is 0 Å². The molecule has 0 saturated carbocycles. The standard InChI is InChI=1S/C73H50N2Si/c1-6-26-51(27-7-1)73(52-28-8-2-9-29-52)65-45-19-16-38-58(65)60-41-23-42-61(71(60)73)63-44-24-43-62-59-39-17-20-46-66(59)75(72(62)63)69-49-25-48-68-70(69)64-40-18-21-47-67(64)74(68)53-30-22-37-57(50-53)76(54-31-10-3-11-32-54,55-33-12-4-13-34-55)56-35-14-5-15-36-56/h1-50H. The Kier molecular flexibility index (Phi) is 10.2. The lowest BCUT2D eigenvalue weighted by Gasteiger charge is -2.35. The van der Waals surface area contributed by atoms with Crippen LogP contribution in [-0.4, -0.2) is 17.2 Å². The molecule has 0 N–H and O–H groups in total. The second-order valence-electron chi connectivity index (χ2n) is 20.2. The molecule has 356 valence electrons. The van der Waals surface area contributed by atoms with Crippen molar-refractivity contribution in [2.24, 2.45) is 0 Å². The molecule has 0 radical (unpaired) electrons. The summed E-state index contributed by atoms with van der Waals surface area (Å²) in [6, 6.07) is 114. The van der Waals surface area contributed by atoms with E-state index in [1.165, 1.54) is 103 Å². The highest BCUT2D eigenvalue weighted by Gasteiger charge is 2.48. The quantitative estimate of drug-likeness (QED) is 0.101. The van der Waals surface area contributed by atoms with Gasteiger partial charge in [0.05, 0.1) is 33.2 Å². The normalized spacial score (nSPS) is 12.8. The Morgan fingerprint density at radius 2 is 0.724 bits per heavy atom. The van der Waals surface area contributed by atoms with Crippen molar-refractivity contribution in [2.75, 3.05) is 0 Å². The van der Waals surface area contributed by atoms with Crippen molar-refractivity contribution >= 4 is 72.4 Å². The Morgan fingerprint density at radius 1 is 0.289 bits per heavy atom. The lowest BCUT2D eigenvalue weighted by Crippen LogP contribution is -2.74.